The van der Waals surface area contributed by atoms with Crippen molar-refractivity contribution in [1.82, 2.24) is 14.7 Å². The van der Waals surface area contributed by atoms with Crippen LogP contribution < -0.4 is 0 Å². The minimum atomic E-state index is 0.166. The number of morpholine rings is 1. The quantitative estimate of drug-likeness (QED) is 0.860. The summed E-state index contributed by atoms with van der Waals surface area (Å²) in [7, 11) is 0. The summed E-state index contributed by atoms with van der Waals surface area (Å²) in [6.45, 7) is 4.66. The zero-order chi connectivity index (χ0) is 13.8. The van der Waals surface area contributed by atoms with Gasteiger partial charge in [-0.3, -0.25) is 9.58 Å². The number of halogens is 1. The largest absolute Gasteiger partial charge is 0.371 e. The molecule has 106 valence electrons. The van der Waals surface area contributed by atoms with Crippen LogP contribution in [0.1, 0.15) is 11.7 Å². The number of rotatable bonds is 4. The van der Waals surface area contributed by atoms with Crippen molar-refractivity contribution < 1.29 is 4.74 Å². The third-order valence-corrected chi connectivity index (χ3v) is 4.07. The second-order valence-corrected chi connectivity index (χ2v) is 5.90. The summed E-state index contributed by atoms with van der Waals surface area (Å²) in [5.74, 6) is 0. The molecule has 1 atom stereocenters. The van der Waals surface area contributed by atoms with Crippen LogP contribution in [0, 0.1) is 0 Å². The number of ether oxygens (including phenoxy) is 1. The number of hydrogen-bond donors (Lipinski definition) is 0. The predicted octanol–water partition coefficient (Wildman–Crippen LogP) is 2.72. The van der Waals surface area contributed by atoms with E-state index in [1.165, 1.54) is 5.56 Å². The maximum atomic E-state index is 5.90. The molecule has 4 nitrogen and oxygen atoms in total. The second kappa shape index (κ2) is 6.52. The zero-order valence-corrected chi connectivity index (χ0v) is 12.9. The van der Waals surface area contributed by atoms with Crippen LogP contribution in [0.15, 0.2) is 47.2 Å². The SMILES string of the molecule is Brc1cccc(C2CN(CCn3cccn3)CCO2)c1. The van der Waals surface area contributed by atoms with Crippen LogP contribution in [0.4, 0.5) is 0 Å². The third-order valence-electron chi connectivity index (χ3n) is 3.58. The molecule has 1 unspecified atom stereocenters. The van der Waals surface area contributed by atoms with Gasteiger partial charge in [-0.1, -0.05) is 28.1 Å². The molecular weight excluding hydrogens is 318 g/mol. The molecule has 0 N–H and O–H groups in total. The Bertz CT molecular complexity index is 544. The molecule has 0 bridgehead atoms. The Morgan fingerprint density at radius 3 is 3.05 bits per heavy atom. The molecule has 1 aliphatic heterocycles. The van der Waals surface area contributed by atoms with Crippen molar-refractivity contribution in [1.29, 1.82) is 0 Å². The highest BCUT2D eigenvalue weighted by molar-refractivity contribution is 9.10. The lowest BCUT2D eigenvalue weighted by Gasteiger charge is -2.33. The first kappa shape index (κ1) is 13.8. The molecule has 0 saturated carbocycles. The molecule has 1 aromatic carbocycles. The molecule has 2 aromatic rings. The summed E-state index contributed by atoms with van der Waals surface area (Å²) in [6, 6.07) is 10.3. The third kappa shape index (κ3) is 3.48. The van der Waals surface area contributed by atoms with Gasteiger partial charge in [0.15, 0.2) is 0 Å². The van der Waals surface area contributed by atoms with Crippen molar-refractivity contribution in [3.63, 3.8) is 0 Å². The van der Waals surface area contributed by atoms with Gasteiger partial charge in [0.25, 0.3) is 0 Å². The van der Waals surface area contributed by atoms with Crippen molar-refractivity contribution >= 4 is 15.9 Å². The number of hydrogen-bond acceptors (Lipinski definition) is 3. The molecule has 0 radical (unpaired) electrons. The van der Waals surface area contributed by atoms with Crippen LogP contribution in [-0.4, -0.2) is 40.9 Å². The van der Waals surface area contributed by atoms with E-state index in [1.807, 2.05) is 29.2 Å². The molecule has 5 heteroatoms. The summed E-state index contributed by atoms with van der Waals surface area (Å²) in [6.07, 6.45) is 3.99. The first-order chi connectivity index (χ1) is 9.81. The van der Waals surface area contributed by atoms with Gasteiger partial charge in [0.2, 0.25) is 0 Å². The Morgan fingerprint density at radius 2 is 2.25 bits per heavy atom. The highest BCUT2D eigenvalue weighted by Gasteiger charge is 2.21. The molecule has 3 rings (SSSR count). The lowest BCUT2D eigenvalue weighted by Crippen LogP contribution is -2.40. The highest BCUT2D eigenvalue weighted by atomic mass is 79.9. The van der Waals surface area contributed by atoms with Gasteiger partial charge in [0.1, 0.15) is 0 Å². The van der Waals surface area contributed by atoms with Crippen LogP contribution in [-0.2, 0) is 11.3 Å². The Hall–Kier alpha value is -1.17. The zero-order valence-electron chi connectivity index (χ0n) is 11.3. The lowest BCUT2D eigenvalue weighted by atomic mass is 10.1. The molecular formula is C15H18BrN3O. The summed E-state index contributed by atoms with van der Waals surface area (Å²) >= 11 is 3.52. The summed E-state index contributed by atoms with van der Waals surface area (Å²) in [4.78, 5) is 2.44. The number of benzene rings is 1. The van der Waals surface area contributed by atoms with E-state index in [0.29, 0.717) is 0 Å². The van der Waals surface area contributed by atoms with Crippen LogP contribution in [0.2, 0.25) is 0 Å². The van der Waals surface area contributed by atoms with Crippen molar-refractivity contribution in [2.45, 2.75) is 12.6 Å². The van der Waals surface area contributed by atoms with E-state index in [0.717, 1.165) is 37.3 Å². The van der Waals surface area contributed by atoms with E-state index in [4.69, 9.17) is 4.74 Å². The predicted molar refractivity (Wildman–Crippen MR) is 81.5 cm³/mol. The molecule has 1 saturated heterocycles. The second-order valence-electron chi connectivity index (χ2n) is 4.98. The maximum Gasteiger partial charge on any atom is 0.0952 e. The fraction of sp³-hybridized carbons (Fsp3) is 0.400. The number of aromatic nitrogens is 2. The molecule has 1 aromatic heterocycles. The monoisotopic (exact) mass is 335 g/mol. The molecule has 1 aliphatic rings. The van der Waals surface area contributed by atoms with Crippen LogP contribution >= 0.6 is 15.9 Å². The van der Waals surface area contributed by atoms with E-state index < -0.39 is 0 Å². The Balaban J connectivity index is 1.59. The van der Waals surface area contributed by atoms with Gasteiger partial charge < -0.3 is 4.74 Å². The van der Waals surface area contributed by atoms with Crippen LogP contribution in [0.25, 0.3) is 0 Å². The topological polar surface area (TPSA) is 30.3 Å². The van der Waals surface area contributed by atoms with E-state index >= 15 is 0 Å². The minimum Gasteiger partial charge on any atom is -0.371 e. The lowest BCUT2D eigenvalue weighted by molar-refractivity contribution is -0.0311. The van der Waals surface area contributed by atoms with Crippen LogP contribution in [0.3, 0.4) is 0 Å². The van der Waals surface area contributed by atoms with Gasteiger partial charge in [-0.05, 0) is 23.8 Å². The van der Waals surface area contributed by atoms with Gasteiger partial charge >= 0.3 is 0 Å². The van der Waals surface area contributed by atoms with Gasteiger partial charge in [0.05, 0.1) is 19.3 Å². The van der Waals surface area contributed by atoms with E-state index in [-0.39, 0.29) is 6.10 Å². The summed E-state index contributed by atoms with van der Waals surface area (Å²) in [5, 5.41) is 4.24. The maximum absolute atomic E-state index is 5.90. The Kier molecular flexibility index (Phi) is 4.50. The molecule has 0 spiro atoms. The molecule has 0 amide bonds. The summed E-state index contributed by atoms with van der Waals surface area (Å²) < 4.78 is 8.98. The fourth-order valence-corrected chi connectivity index (χ4v) is 2.91. The number of nitrogens with zero attached hydrogens (tertiary/aromatic N) is 3. The van der Waals surface area contributed by atoms with Gasteiger partial charge in [-0.2, -0.15) is 5.10 Å². The average molecular weight is 336 g/mol. The normalized spacial score (nSPS) is 20.1. The van der Waals surface area contributed by atoms with Gasteiger partial charge in [-0.25, -0.2) is 0 Å². The minimum absolute atomic E-state index is 0.166. The van der Waals surface area contributed by atoms with Crippen molar-refractivity contribution in [2.24, 2.45) is 0 Å². The first-order valence-corrected chi connectivity index (χ1v) is 7.67. The van der Waals surface area contributed by atoms with E-state index in [9.17, 15) is 0 Å². The fourth-order valence-electron chi connectivity index (χ4n) is 2.49. The smallest absolute Gasteiger partial charge is 0.0952 e. The molecule has 0 aliphatic carbocycles. The Morgan fingerprint density at radius 1 is 1.30 bits per heavy atom. The van der Waals surface area contributed by atoms with E-state index in [2.05, 4.69) is 44.1 Å². The van der Waals surface area contributed by atoms with Crippen molar-refractivity contribution in [2.75, 3.05) is 26.2 Å². The molecule has 1 fully saturated rings. The van der Waals surface area contributed by atoms with Crippen LogP contribution in [0.5, 0.6) is 0 Å². The molecule has 20 heavy (non-hydrogen) atoms. The molecule has 2 heterocycles. The van der Waals surface area contributed by atoms with E-state index in [1.54, 1.807) is 0 Å². The van der Waals surface area contributed by atoms with Crippen molar-refractivity contribution in [3.05, 3.63) is 52.8 Å². The Labute approximate surface area is 127 Å². The van der Waals surface area contributed by atoms with Gasteiger partial charge in [-0.15, -0.1) is 0 Å². The summed E-state index contributed by atoms with van der Waals surface area (Å²) in [5.41, 5.74) is 1.24. The average Bonchev–Trinajstić information content (AvgIpc) is 2.99. The van der Waals surface area contributed by atoms with Gasteiger partial charge in [0, 0.05) is 36.5 Å². The highest BCUT2D eigenvalue weighted by Crippen LogP contribution is 2.24. The first-order valence-electron chi connectivity index (χ1n) is 6.88. The standard InChI is InChI=1S/C15H18BrN3O/c16-14-4-1-3-13(11-14)15-12-18(9-10-20-15)7-8-19-6-2-5-17-19/h1-6,11,15H,7-10,12H2. The van der Waals surface area contributed by atoms with Crippen molar-refractivity contribution in [3.8, 4) is 0 Å².